The van der Waals surface area contributed by atoms with Gasteiger partial charge in [0, 0.05) is 18.0 Å². The summed E-state index contributed by atoms with van der Waals surface area (Å²) in [5.41, 5.74) is 0.420. The van der Waals surface area contributed by atoms with E-state index in [-0.39, 0.29) is 18.8 Å². The van der Waals surface area contributed by atoms with Crippen LogP contribution < -0.4 is 5.32 Å². The van der Waals surface area contributed by atoms with Gasteiger partial charge in [-0.1, -0.05) is 12.1 Å². The summed E-state index contributed by atoms with van der Waals surface area (Å²) in [6.45, 7) is 10.9. The van der Waals surface area contributed by atoms with Gasteiger partial charge in [0.05, 0.1) is 12.1 Å². The van der Waals surface area contributed by atoms with Gasteiger partial charge in [0.1, 0.15) is 17.1 Å². The molecule has 7 heteroatoms. The average molecular weight is 378 g/mol. The fourth-order valence-corrected chi connectivity index (χ4v) is 2.84. The standard InChI is InChI=1S/C20H27FN2O4/c1-7-26-18(24)15-10-14-9-8-12(2)16(21)17(14)23(15)13(3)11-22-19(25)27-20(4,5)6/h8-10,13H,7,11H2,1-6H3,(H,22,25). The number of rotatable bonds is 5. The summed E-state index contributed by atoms with van der Waals surface area (Å²) in [5.74, 6) is -0.929. The number of aryl methyl sites for hydroxylation is 1. The van der Waals surface area contributed by atoms with Crippen LogP contribution in [0.5, 0.6) is 0 Å². The number of ether oxygens (including phenoxy) is 2. The van der Waals surface area contributed by atoms with Crippen molar-refractivity contribution in [2.75, 3.05) is 13.2 Å². The third-order valence-corrected chi connectivity index (χ3v) is 4.00. The van der Waals surface area contributed by atoms with Crippen molar-refractivity contribution < 1.29 is 23.5 Å². The maximum atomic E-state index is 14.8. The molecule has 6 nitrogen and oxygen atoms in total. The average Bonchev–Trinajstić information content (AvgIpc) is 2.95. The number of aromatic nitrogens is 1. The molecule has 2 aromatic rings. The molecule has 0 fully saturated rings. The van der Waals surface area contributed by atoms with E-state index in [0.717, 1.165) is 0 Å². The molecule has 1 aromatic heterocycles. The van der Waals surface area contributed by atoms with E-state index >= 15 is 0 Å². The lowest BCUT2D eigenvalue weighted by molar-refractivity contribution is 0.0512. The van der Waals surface area contributed by atoms with Gasteiger partial charge in [-0.2, -0.15) is 0 Å². The molecule has 1 N–H and O–H groups in total. The fourth-order valence-electron chi connectivity index (χ4n) is 2.84. The van der Waals surface area contributed by atoms with Gasteiger partial charge in [0.25, 0.3) is 0 Å². The number of halogens is 1. The quantitative estimate of drug-likeness (QED) is 0.785. The van der Waals surface area contributed by atoms with Crippen molar-refractivity contribution in [2.45, 2.75) is 53.2 Å². The number of esters is 1. The van der Waals surface area contributed by atoms with Gasteiger partial charge in [0.15, 0.2) is 0 Å². The second kappa shape index (κ2) is 7.98. The van der Waals surface area contributed by atoms with Crippen molar-refractivity contribution >= 4 is 23.0 Å². The molecule has 0 saturated carbocycles. The molecule has 0 saturated heterocycles. The van der Waals surface area contributed by atoms with Crippen LogP contribution in [-0.2, 0) is 9.47 Å². The molecule has 2 rings (SSSR count). The number of nitrogens with one attached hydrogen (secondary N) is 1. The molecule has 148 valence electrons. The number of nitrogens with zero attached hydrogens (tertiary/aromatic N) is 1. The minimum atomic E-state index is -0.618. The number of hydrogen-bond acceptors (Lipinski definition) is 4. The number of hydrogen-bond donors (Lipinski definition) is 1. The predicted molar refractivity (Wildman–Crippen MR) is 102 cm³/mol. The molecule has 1 amide bonds. The Morgan fingerprint density at radius 1 is 1.30 bits per heavy atom. The Labute approximate surface area is 158 Å². The molecule has 0 radical (unpaired) electrons. The Bertz CT molecular complexity index is 852. The van der Waals surface area contributed by atoms with Crippen molar-refractivity contribution in [3.05, 3.63) is 35.3 Å². The van der Waals surface area contributed by atoms with E-state index in [1.165, 1.54) is 0 Å². The predicted octanol–water partition coefficient (Wildman–Crippen LogP) is 4.35. The van der Waals surface area contributed by atoms with Crippen LogP contribution in [0.2, 0.25) is 0 Å². The molecule has 27 heavy (non-hydrogen) atoms. The van der Waals surface area contributed by atoms with Crippen LogP contribution in [-0.4, -0.2) is 35.4 Å². The highest BCUT2D eigenvalue weighted by Gasteiger charge is 2.24. The SMILES string of the molecule is CCOC(=O)c1cc2ccc(C)c(F)c2n1C(C)CNC(=O)OC(C)(C)C. The first-order valence-corrected chi connectivity index (χ1v) is 8.99. The van der Waals surface area contributed by atoms with E-state index in [1.807, 2.05) is 0 Å². The molecule has 0 aliphatic carbocycles. The first-order chi connectivity index (χ1) is 12.5. The van der Waals surface area contributed by atoms with E-state index in [1.54, 1.807) is 64.3 Å². The van der Waals surface area contributed by atoms with Crippen LogP contribution in [0.25, 0.3) is 10.9 Å². The zero-order chi connectivity index (χ0) is 20.4. The van der Waals surface area contributed by atoms with E-state index < -0.39 is 29.5 Å². The molecule has 0 aliphatic heterocycles. The number of amides is 1. The molecular formula is C20H27FN2O4. The Hall–Kier alpha value is -2.57. The Kier molecular flexibility index (Phi) is 6.13. The topological polar surface area (TPSA) is 69.6 Å². The summed E-state index contributed by atoms with van der Waals surface area (Å²) >= 11 is 0. The van der Waals surface area contributed by atoms with Crippen molar-refractivity contribution in [1.29, 1.82) is 0 Å². The molecular weight excluding hydrogens is 351 g/mol. The maximum absolute atomic E-state index is 14.8. The number of carbonyl (C=O) groups excluding carboxylic acids is 2. The number of benzene rings is 1. The number of carbonyl (C=O) groups is 2. The lowest BCUT2D eigenvalue weighted by Crippen LogP contribution is -2.35. The van der Waals surface area contributed by atoms with Crippen molar-refractivity contribution in [3.63, 3.8) is 0 Å². The maximum Gasteiger partial charge on any atom is 0.407 e. The summed E-state index contributed by atoms with van der Waals surface area (Å²) in [6, 6.07) is 4.65. The molecule has 1 heterocycles. The second-order valence-electron chi connectivity index (χ2n) is 7.49. The van der Waals surface area contributed by atoms with Crippen LogP contribution in [0.3, 0.4) is 0 Å². The lowest BCUT2D eigenvalue weighted by atomic mass is 10.1. The van der Waals surface area contributed by atoms with Crippen LogP contribution >= 0.6 is 0 Å². The summed E-state index contributed by atoms with van der Waals surface area (Å²) in [7, 11) is 0. The number of fused-ring (bicyclic) bond motifs is 1. The molecule has 1 unspecified atom stereocenters. The van der Waals surface area contributed by atoms with Gasteiger partial charge >= 0.3 is 12.1 Å². The van der Waals surface area contributed by atoms with Crippen LogP contribution in [0.15, 0.2) is 18.2 Å². The zero-order valence-electron chi connectivity index (χ0n) is 16.7. The Balaban J connectivity index is 2.39. The third-order valence-electron chi connectivity index (χ3n) is 4.00. The van der Waals surface area contributed by atoms with Gasteiger partial charge in [-0.05, 0) is 53.2 Å². The summed E-state index contributed by atoms with van der Waals surface area (Å²) in [4.78, 5) is 24.3. The van der Waals surface area contributed by atoms with Gasteiger partial charge < -0.3 is 19.4 Å². The summed E-state index contributed by atoms with van der Waals surface area (Å²) in [6.07, 6.45) is -0.569. The lowest BCUT2D eigenvalue weighted by Gasteiger charge is -2.22. The molecule has 0 aliphatic rings. The monoisotopic (exact) mass is 378 g/mol. The highest BCUT2D eigenvalue weighted by atomic mass is 19.1. The van der Waals surface area contributed by atoms with E-state index in [9.17, 15) is 14.0 Å². The van der Waals surface area contributed by atoms with E-state index in [4.69, 9.17) is 9.47 Å². The highest BCUT2D eigenvalue weighted by Crippen LogP contribution is 2.28. The van der Waals surface area contributed by atoms with Gasteiger partial charge in [-0.3, -0.25) is 0 Å². The first kappa shape index (κ1) is 20.7. The Morgan fingerprint density at radius 3 is 2.56 bits per heavy atom. The van der Waals surface area contributed by atoms with Gasteiger partial charge in [-0.15, -0.1) is 0 Å². The van der Waals surface area contributed by atoms with Crippen molar-refractivity contribution in [2.24, 2.45) is 0 Å². The second-order valence-corrected chi connectivity index (χ2v) is 7.49. The Morgan fingerprint density at radius 2 is 1.96 bits per heavy atom. The zero-order valence-corrected chi connectivity index (χ0v) is 16.7. The number of alkyl carbamates (subject to hydrolysis) is 1. The minimum absolute atomic E-state index is 0.165. The largest absolute Gasteiger partial charge is 0.461 e. The molecule has 1 atom stereocenters. The first-order valence-electron chi connectivity index (χ1n) is 8.99. The van der Waals surface area contributed by atoms with E-state index in [2.05, 4.69) is 5.32 Å². The van der Waals surface area contributed by atoms with Gasteiger partial charge in [-0.25, -0.2) is 14.0 Å². The van der Waals surface area contributed by atoms with Crippen molar-refractivity contribution in [3.8, 4) is 0 Å². The van der Waals surface area contributed by atoms with Crippen LogP contribution in [0.1, 0.15) is 56.7 Å². The van der Waals surface area contributed by atoms with Crippen LogP contribution in [0.4, 0.5) is 9.18 Å². The minimum Gasteiger partial charge on any atom is -0.461 e. The summed E-state index contributed by atoms with van der Waals surface area (Å²) < 4.78 is 26.7. The van der Waals surface area contributed by atoms with Crippen molar-refractivity contribution in [1.82, 2.24) is 9.88 Å². The smallest absolute Gasteiger partial charge is 0.407 e. The molecule has 0 bridgehead atoms. The third kappa shape index (κ3) is 4.78. The van der Waals surface area contributed by atoms with E-state index in [0.29, 0.717) is 16.5 Å². The van der Waals surface area contributed by atoms with Gasteiger partial charge in [0.2, 0.25) is 0 Å². The fraction of sp³-hybridized carbons (Fsp3) is 0.500. The molecule has 0 spiro atoms. The highest BCUT2D eigenvalue weighted by molar-refractivity contribution is 5.96. The normalized spacial score (nSPS) is 12.7. The molecule has 1 aromatic carbocycles. The van der Waals surface area contributed by atoms with Crippen LogP contribution in [0, 0.1) is 12.7 Å². The summed E-state index contributed by atoms with van der Waals surface area (Å²) in [5, 5.41) is 3.27.